The fourth-order valence-electron chi connectivity index (χ4n) is 3.50. The van der Waals surface area contributed by atoms with Gasteiger partial charge in [0.25, 0.3) is 0 Å². The zero-order valence-corrected chi connectivity index (χ0v) is 19.4. The standard InChI is InChI=1S/C23H46O6/c1-6-10-14-25-20-19(17-24)29-23(28-18(5)13-9-4)22(27-16-12-8-3)21(20)26-15-11-7-2/h18-24H,6-17H2,1-5H3/t18?,19-,20-,21+,22-,23+/m1/s1. The van der Waals surface area contributed by atoms with Crippen LogP contribution < -0.4 is 0 Å². The van der Waals surface area contributed by atoms with E-state index in [0.717, 1.165) is 51.4 Å². The number of rotatable bonds is 17. The van der Waals surface area contributed by atoms with Crippen LogP contribution in [-0.4, -0.2) is 68.3 Å². The van der Waals surface area contributed by atoms with E-state index in [1.165, 1.54) is 0 Å². The molecule has 1 heterocycles. The molecule has 1 saturated heterocycles. The van der Waals surface area contributed by atoms with Crippen molar-refractivity contribution in [3.8, 4) is 0 Å². The van der Waals surface area contributed by atoms with E-state index in [9.17, 15) is 5.11 Å². The monoisotopic (exact) mass is 418 g/mol. The third-order valence-electron chi connectivity index (χ3n) is 5.26. The maximum absolute atomic E-state index is 10.0. The molecule has 1 fully saturated rings. The van der Waals surface area contributed by atoms with E-state index in [0.29, 0.717) is 19.8 Å². The first-order valence-corrected chi connectivity index (χ1v) is 11.9. The molecule has 29 heavy (non-hydrogen) atoms. The van der Waals surface area contributed by atoms with E-state index in [1.807, 2.05) is 0 Å². The van der Waals surface area contributed by atoms with Crippen LogP contribution in [0.3, 0.4) is 0 Å². The van der Waals surface area contributed by atoms with E-state index in [1.54, 1.807) is 0 Å². The Morgan fingerprint density at radius 1 is 0.759 bits per heavy atom. The predicted molar refractivity (Wildman–Crippen MR) is 115 cm³/mol. The Balaban J connectivity index is 3.01. The summed E-state index contributed by atoms with van der Waals surface area (Å²) in [5.41, 5.74) is 0. The minimum Gasteiger partial charge on any atom is -0.394 e. The SMILES string of the molecule is CCCCO[C@@H]1[C@@H](OCCCC)[C@@H](OC(C)CCC)O[C@H](CO)[C@H]1OCCCC. The fourth-order valence-corrected chi connectivity index (χ4v) is 3.50. The second kappa shape index (κ2) is 16.5. The number of unbranched alkanes of at least 4 members (excludes halogenated alkanes) is 3. The molecule has 1 rings (SSSR count). The summed E-state index contributed by atoms with van der Waals surface area (Å²) in [7, 11) is 0. The van der Waals surface area contributed by atoms with Crippen molar-refractivity contribution in [2.24, 2.45) is 0 Å². The number of ether oxygens (including phenoxy) is 5. The molecule has 1 N–H and O–H groups in total. The van der Waals surface area contributed by atoms with Crippen LogP contribution >= 0.6 is 0 Å². The first kappa shape index (κ1) is 26.8. The summed E-state index contributed by atoms with van der Waals surface area (Å²) in [5.74, 6) is 0. The van der Waals surface area contributed by atoms with E-state index in [-0.39, 0.29) is 31.0 Å². The lowest BCUT2D eigenvalue weighted by molar-refractivity contribution is -0.329. The predicted octanol–water partition coefficient (Wildman–Crippen LogP) is 4.46. The van der Waals surface area contributed by atoms with Crippen LogP contribution in [0.2, 0.25) is 0 Å². The Morgan fingerprint density at radius 2 is 1.28 bits per heavy atom. The summed E-state index contributed by atoms with van der Waals surface area (Å²) in [6.45, 7) is 12.4. The van der Waals surface area contributed by atoms with Crippen LogP contribution in [0, 0.1) is 0 Å². The Kier molecular flexibility index (Phi) is 15.2. The zero-order chi connectivity index (χ0) is 21.5. The largest absolute Gasteiger partial charge is 0.394 e. The average Bonchev–Trinajstić information content (AvgIpc) is 2.71. The van der Waals surface area contributed by atoms with Crippen molar-refractivity contribution in [2.45, 2.75) is 123 Å². The van der Waals surface area contributed by atoms with Crippen molar-refractivity contribution in [1.29, 1.82) is 0 Å². The molecule has 0 aromatic carbocycles. The van der Waals surface area contributed by atoms with Gasteiger partial charge < -0.3 is 28.8 Å². The summed E-state index contributed by atoms with van der Waals surface area (Å²) in [4.78, 5) is 0. The van der Waals surface area contributed by atoms with Crippen LogP contribution in [0.1, 0.15) is 86.0 Å². The molecule has 6 nitrogen and oxygen atoms in total. The number of hydrogen-bond donors (Lipinski definition) is 1. The molecule has 1 unspecified atom stereocenters. The van der Waals surface area contributed by atoms with Crippen molar-refractivity contribution in [1.82, 2.24) is 0 Å². The van der Waals surface area contributed by atoms with E-state index in [2.05, 4.69) is 34.6 Å². The molecule has 1 aliphatic rings. The van der Waals surface area contributed by atoms with Crippen LogP contribution in [0.15, 0.2) is 0 Å². The Hall–Kier alpha value is -0.240. The lowest BCUT2D eigenvalue weighted by Crippen LogP contribution is -2.62. The molecule has 1 aliphatic heterocycles. The number of hydrogen-bond acceptors (Lipinski definition) is 6. The van der Waals surface area contributed by atoms with E-state index < -0.39 is 12.4 Å². The molecule has 0 aromatic rings. The smallest absolute Gasteiger partial charge is 0.187 e. The topological polar surface area (TPSA) is 66.4 Å². The van der Waals surface area contributed by atoms with Gasteiger partial charge in [0.2, 0.25) is 0 Å². The molecule has 6 atom stereocenters. The molecule has 0 radical (unpaired) electrons. The lowest BCUT2D eigenvalue weighted by Gasteiger charge is -2.46. The third kappa shape index (κ3) is 9.62. The van der Waals surface area contributed by atoms with Crippen LogP contribution in [0.4, 0.5) is 0 Å². The van der Waals surface area contributed by atoms with E-state index >= 15 is 0 Å². The lowest BCUT2D eigenvalue weighted by atomic mass is 9.98. The normalized spacial score (nSPS) is 28.6. The van der Waals surface area contributed by atoms with Gasteiger partial charge in [-0.25, -0.2) is 0 Å². The van der Waals surface area contributed by atoms with Gasteiger partial charge in [-0.15, -0.1) is 0 Å². The van der Waals surface area contributed by atoms with Gasteiger partial charge in [0.05, 0.1) is 12.7 Å². The highest BCUT2D eigenvalue weighted by molar-refractivity contribution is 4.93. The molecular formula is C23H46O6. The average molecular weight is 419 g/mol. The minimum atomic E-state index is -0.566. The summed E-state index contributed by atoms with van der Waals surface area (Å²) < 4.78 is 31.1. The maximum atomic E-state index is 10.0. The van der Waals surface area contributed by atoms with E-state index in [4.69, 9.17) is 23.7 Å². The maximum Gasteiger partial charge on any atom is 0.187 e. The van der Waals surface area contributed by atoms with Gasteiger partial charge in [-0.2, -0.15) is 0 Å². The van der Waals surface area contributed by atoms with Gasteiger partial charge in [0, 0.05) is 19.8 Å². The highest BCUT2D eigenvalue weighted by Crippen LogP contribution is 2.30. The molecule has 0 aromatic heterocycles. The number of aliphatic hydroxyl groups excluding tert-OH is 1. The van der Waals surface area contributed by atoms with Crippen molar-refractivity contribution in [3.63, 3.8) is 0 Å². The Morgan fingerprint density at radius 3 is 1.76 bits per heavy atom. The first-order valence-electron chi connectivity index (χ1n) is 11.9. The quantitative estimate of drug-likeness (QED) is 0.352. The Bertz CT molecular complexity index is 380. The van der Waals surface area contributed by atoms with Gasteiger partial charge in [-0.05, 0) is 32.6 Å². The summed E-state index contributed by atoms with van der Waals surface area (Å²) in [6, 6.07) is 0. The van der Waals surface area contributed by atoms with Gasteiger partial charge >= 0.3 is 0 Å². The highest BCUT2D eigenvalue weighted by Gasteiger charge is 2.48. The van der Waals surface area contributed by atoms with Gasteiger partial charge in [0.15, 0.2) is 6.29 Å². The van der Waals surface area contributed by atoms with Gasteiger partial charge in [-0.3, -0.25) is 0 Å². The molecule has 0 aliphatic carbocycles. The molecule has 174 valence electrons. The molecular weight excluding hydrogens is 372 g/mol. The molecule has 0 bridgehead atoms. The summed E-state index contributed by atoms with van der Waals surface area (Å²) in [5, 5.41) is 10.0. The third-order valence-corrected chi connectivity index (χ3v) is 5.26. The highest BCUT2D eigenvalue weighted by atomic mass is 16.7. The Labute approximate surface area is 178 Å². The minimum absolute atomic E-state index is 0.0514. The van der Waals surface area contributed by atoms with Crippen molar-refractivity contribution < 1.29 is 28.8 Å². The fraction of sp³-hybridized carbons (Fsp3) is 1.00. The molecule has 0 saturated carbocycles. The molecule has 0 amide bonds. The number of aliphatic hydroxyl groups is 1. The van der Waals surface area contributed by atoms with Crippen molar-refractivity contribution in [3.05, 3.63) is 0 Å². The van der Waals surface area contributed by atoms with Crippen molar-refractivity contribution in [2.75, 3.05) is 26.4 Å². The van der Waals surface area contributed by atoms with Crippen LogP contribution in [0.25, 0.3) is 0 Å². The first-order chi connectivity index (χ1) is 14.1. The summed E-state index contributed by atoms with van der Waals surface area (Å²) in [6.07, 6.45) is 6.01. The second-order valence-corrected chi connectivity index (χ2v) is 8.03. The van der Waals surface area contributed by atoms with Gasteiger partial charge in [0.1, 0.15) is 24.4 Å². The second-order valence-electron chi connectivity index (χ2n) is 8.03. The van der Waals surface area contributed by atoms with Crippen LogP contribution in [0.5, 0.6) is 0 Å². The van der Waals surface area contributed by atoms with Crippen molar-refractivity contribution >= 4 is 0 Å². The van der Waals surface area contributed by atoms with Crippen LogP contribution in [-0.2, 0) is 23.7 Å². The molecule has 6 heteroatoms. The zero-order valence-electron chi connectivity index (χ0n) is 19.4. The van der Waals surface area contributed by atoms with Gasteiger partial charge in [-0.1, -0.05) is 53.4 Å². The molecule has 0 spiro atoms. The summed E-state index contributed by atoms with van der Waals surface area (Å²) >= 11 is 0.